The van der Waals surface area contributed by atoms with Crippen molar-refractivity contribution in [1.82, 2.24) is 0 Å². The number of ketones is 1. The topological polar surface area (TPSA) is 26.3 Å². The number of carbonyl (C=O) groups excluding carboxylic acids is 1. The van der Waals surface area contributed by atoms with Crippen molar-refractivity contribution in [3.63, 3.8) is 0 Å². The average molecular weight is 225 g/mol. The Morgan fingerprint density at radius 2 is 2.07 bits per heavy atom. The third-order valence-corrected chi connectivity index (χ3v) is 2.95. The Bertz CT molecular complexity index is 337. The van der Waals surface area contributed by atoms with Crippen LogP contribution in [0.3, 0.4) is 0 Å². The molecule has 2 nitrogen and oxygen atoms in total. The zero-order valence-corrected chi connectivity index (χ0v) is 9.11. The van der Waals surface area contributed by atoms with Crippen LogP contribution in [0, 0.1) is 0 Å². The van der Waals surface area contributed by atoms with Gasteiger partial charge in [0.1, 0.15) is 6.10 Å². The van der Waals surface area contributed by atoms with Gasteiger partial charge >= 0.3 is 0 Å². The van der Waals surface area contributed by atoms with Crippen molar-refractivity contribution in [3.05, 3.63) is 35.9 Å². The zero-order valence-electron chi connectivity index (χ0n) is 8.36. The van der Waals surface area contributed by atoms with E-state index in [1.165, 1.54) is 0 Å². The molecule has 1 aliphatic rings. The van der Waals surface area contributed by atoms with Gasteiger partial charge in [-0.05, 0) is 18.4 Å². The minimum absolute atomic E-state index is 0.00454. The molecule has 1 heterocycles. The predicted octanol–water partition coefficient (Wildman–Crippen LogP) is 2.71. The molecule has 1 saturated heterocycles. The number of Topliss-reactive ketones (excluding diaryl/α,β-unsaturated/α-hetero) is 1. The van der Waals surface area contributed by atoms with E-state index in [4.69, 9.17) is 16.3 Å². The lowest BCUT2D eigenvalue weighted by molar-refractivity contribution is -0.127. The summed E-state index contributed by atoms with van der Waals surface area (Å²) in [4.78, 5) is 11.3. The van der Waals surface area contributed by atoms with Gasteiger partial charge in [0.2, 0.25) is 0 Å². The van der Waals surface area contributed by atoms with Crippen LogP contribution in [0.15, 0.2) is 30.3 Å². The average Bonchev–Trinajstić information content (AvgIpc) is 2.78. The van der Waals surface area contributed by atoms with Gasteiger partial charge in [-0.3, -0.25) is 4.79 Å². The number of rotatable bonds is 3. The van der Waals surface area contributed by atoms with E-state index in [1.807, 2.05) is 30.3 Å². The molecule has 0 N–H and O–H groups in total. The SMILES string of the molecule is O=C(CCl)C1CCC(c2ccccc2)O1. The van der Waals surface area contributed by atoms with E-state index >= 15 is 0 Å². The molecule has 0 aromatic heterocycles. The molecule has 0 bridgehead atoms. The lowest BCUT2D eigenvalue weighted by Gasteiger charge is -2.12. The lowest BCUT2D eigenvalue weighted by atomic mass is 10.1. The van der Waals surface area contributed by atoms with Gasteiger partial charge in [-0.25, -0.2) is 0 Å². The van der Waals surface area contributed by atoms with Gasteiger partial charge < -0.3 is 4.74 Å². The molecule has 0 spiro atoms. The smallest absolute Gasteiger partial charge is 0.176 e. The normalized spacial score (nSPS) is 25.4. The van der Waals surface area contributed by atoms with Crippen LogP contribution in [-0.4, -0.2) is 17.8 Å². The molecular weight excluding hydrogens is 212 g/mol. The van der Waals surface area contributed by atoms with Crippen molar-refractivity contribution in [2.24, 2.45) is 0 Å². The molecule has 80 valence electrons. The van der Waals surface area contributed by atoms with E-state index in [0.29, 0.717) is 0 Å². The molecule has 2 atom stereocenters. The van der Waals surface area contributed by atoms with Crippen molar-refractivity contribution < 1.29 is 9.53 Å². The number of hydrogen-bond donors (Lipinski definition) is 0. The predicted molar refractivity (Wildman–Crippen MR) is 59.0 cm³/mol. The molecule has 1 aromatic carbocycles. The van der Waals surface area contributed by atoms with Crippen LogP contribution in [0.5, 0.6) is 0 Å². The van der Waals surface area contributed by atoms with E-state index < -0.39 is 0 Å². The van der Waals surface area contributed by atoms with Crippen LogP contribution in [-0.2, 0) is 9.53 Å². The molecule has 3 heteroatoms. The second-order valence-corrected chi connectivity index (χ2v) is 3.97. The van der Waals surface area contributed by atoms with Crippen molar-refractivity contribution >= 4 is 17.4 Å². The molecule has 15 heavy (non-hydrogen) atoms. The summed E-state index contributed by atoms with van der Waals surface area (Å²) in [6.45, 7) is 0. The van der Waals surface area contributed by atoms with Crippen LogP contribution in [0.2, 0.25) is 0 Å². The summed E-state index contributed by atoms with van der Waals surface area (Å²) in [6, 6.07) is 9.99. The highest BCUT2D eigenvalue weighted by molar-refractivity contribution is 6.28. The number of carbonyl (C=O) groups is 1. The fourth-order valence-corrected chi connectivity index (χ4v) is 2.05. The van der Waals surface area contributed by atoms with E-state index in [9.17, 15) is 4.79 Å². The summed E-state index contributed by atoms with van der Waals surface area (Å²) < 4.78 is 5.67. The van der Waals surface area contributed by atoms with Crippen molar-refractivity contribution in [2.75, 3.05) is 5.88 Å². The molecule has 1 aliphatic heterocycles. The third kappa shape index (κ3) is 2.39. The van der Waals surface area contributed by atoms with Gasteiger partial charge in [0.05, 0.1) is 12.0 Å². The highest BCUT2D eigenvalue weighted by atomic mass is 35.5. The Balaban J connectivity index is 2.02. The van der Waals surface area contributed by atoms with Gasteiger partial charge in [0.15, 0.2) is 5.78 Å². The number of ether oxygens (including phenoxy) is 1. The summed E-state index contributed by atoms with van der Waals surface area (Å²) >= 11 is 5.50. The summed E-state index contributed by atoms with van der Waals surface area (Å²) in [5.74, 6) is 0.0433. The van der Waals surface area contributed by atoms with Gasteiger partial charge in [-0.15, -0.1) is 11.6 Å². The Morgan fingerprint density at radius 1 is 1.33 bits per heavy atom. The van der Waals surface area contributed by atoms with E-state index in [0.717, 1.165) is 18.4 Å². The Kier molecular flexibility index (Phi) is 3.39. The first-order valence-electron chi connectivity index (χ1n) is 5.10. The zero-order chi connectivity index (χ0) is 10.7. The first-order chi connectivity index (χ1) is 7.31. The molecule has 2 unspecified atom stereocenters. The van der Waals surface area contributed by atoms with Crippen molar-refractivity contribution in [2.45, 2.75) is 25.0 Å². The fraction of sp³-hybridized carbons (Fsp3) is 0.417. The Hall–Kier alpha value is -0.860. The molecule has 0 amide bonds. The Morgan fingerprint density at radius 3 is 2.73 bits per heavy atom. The van der Waals surface area contributed by atoms with E-state index in [2.05, 4.69) is 0 Å². The molecule has 1 aromatic rings. The van der Waals surface area contributed by atoms with E-state index in [1.54, 1.807) is 0 Å². The first kappa shape index (κ1) is 10.7. The molecule has 1 fully saturated rings. The highest BCUT2D eigenvalue weighted by Crippen LogP contribution is 2.32. The second-order valence-electron chi connectivity index (χ2n) is 3.70. The van der Waals surface area contributed by atoms with Gasteiger partial charge in [-0.1, -0.05) is 30.3 Å². The third-order valence-electron chi connectivity index (χ3n) is 2.68. The number of benzene rings is 1. The van der Waals surface area contributed by atoms with Gasteiger partial charge in [-0.2, -0.15) is 0 Å². The maximum Gasteiger partial charge on any atom is 0.176 e. The van der Waals surface area contributed by atoms with Crippen LogP contribution in [0.4, 0.5) is 0 Å². The summed E-state index contributed by atoms with van der Waals surface area (Å²) in [7, 11) is 0. The monoisotopic (exact) mass is 224 g/mol. The molecule has 2 rings (SSSR count). The number of hydrogen-bond acceptors (Lipinski definition) is 2. The number of halogens is 1. The fourth-order valence-electron chi connectivity index (χ4n) is 1.87. The second kappa shape index (κ2) is 4.77. The van der Waals surface area contributed by atoms with Crippen LogP contribution in [0.1, 0.15) is 24.5 Å². The quantitative estimate of drug-likeness (QED) is 0.738. The molecule has 0 radical (unpaired) electrons. The maximum atomic E-state index is 11.3. The maximum absolute atomic E-state index is 11.3. The largest absolute Gasteiger partial charge is 0.362 e. The highest BCUT2D eigenvalue weighted by Gasteiger charge is 2.30. The summed E-state index contributed by atoms with van der Waals surface area (Å²) in [5, 5.41) is 0. The first-order valence-corrected chi connectivity index (χ1v) is 5.64. The summed E-state index contributed by atoms with van der Waals surface area (Å²) in [6.07, 6.45) is 1.44. The lowest BCUT2D eigenvalue weighted by Crippen LogP contribution is -2.20. The van der Waals surface area contributed by atoms with Gasteiger partial charge in [0.25, 0.3) is 0 Å². The minimum Gasteiger partial charge on any atom is -0.362 e. The molecule has 0 saturated carbocycles. The van der Waals surface area contributed by atoms with Crippen LogP contribution >= 0.6 is 11.6 Å². The van der Waals surface area contributed by atoms with Crippen LogP contribution in [0.25, 0.3) is 0 Å². The standard InChI is InChI=1S/C12H13ClO2/c13-8-10(14)12-7-6-11(15-12)9-4-2-1-3-5-9/h1-5,11-12H,6-8H2. The Labute approximate surface area is 94.2 Å². The molecule has 0 aliphatic carbocycles. The minimum atomic E-state index is -0.298. The summed E-state index contributed by atoms with van der Waals surface area (Å²) in [5.41, 5.74) is 1.14. The molecular formula is C12H13ClO2. The van der Waals surface area contributed by atoms with Crippen molar-refractivity contribution in [3.8, 4) is 0 Å². The van der Waals surface area contributed by atoms with E-state index in [-0.39, 0.29) is 23.9 Å². The number of alkyl halides is 1. The van der Waals surface area contributed by atoms with Crippen LogP contribution < -0.4 is 0 Å². The van der Waals surface area contributed by atoms with Gasteiger partial charge in [0, 0.05) is 0 Å². The van der Waals surface area contributed by atoms with Crippen molar-refractivity contribution in [1.29, 1.82) is 0 Å².